The Hall–Kier alpha value is -1.46. The summed E-state index contributed by atoms with van der Waals surface area (Å²) in [6, 6.07) is 6.44. The van der Waals surface area contributed by atoms with E-state index in [1.165, 1.54) is 6.07 Å². The number of nitrogens with zero attached hydrogens (tertiary/aromatic N) is 1. The van der Waals surface area contributed by atoms with Gasteiger partial charge < -0.3 is 10.1 Å². The monoisotopic (exact) mass is 324 g/mol. The molecule has 0 spiro atoms. The van der Waals surface area contributed by atoms with Crippen LogP contribution in [-0.4, -0.2) is 12.0 Å². The molecule has 0 aliphatic carbocycles. The summed E-state index contributed by atoms with van der Waals surface area (Å²) in [5.41, 5.74) is 0.505. The molecule has 1 atom stereocenters. The fraction of sp³-hybridized carbons (Fsp3) is 0.214. The van der Waals surface area contributed by atoms with Gasteiger partial charge >= 0.3 is 0 Å². The van der Waals surface area contributed by atoms with Crippen LogP contribution >= 0.6 is 15.9 Å². The molecule has 2 aromatic rings. The fourth-order valence-electron chi connectivity index (χ4n) is 1.75. The average molecular weight is 325 g/mol. The van der Waals surface area contributed by atoms with Crippen LogP contribution in [0.25, 0.3) is 0 Å². The second kappa shape index (κ2) is 6.12. The van der Waals surface area contributed by atoms with Gasteiger partial charge in [-0.1, -0.05) is 6.07 Å². The summed E-state index contributed by atoms with van der Waals surface area (Å²) in [5.74, 6) is 0.758. The molecular formula is C14H14BrFN2O. The Morgan fingerprint density at radius 2 is 2.16 bits per heavy atom. The van der Waals surface area contributed by atoms with Gasteiger partial charge in [-0.05, 0) is 48.1 Å². The number of rotatable bonds is 4. The van der Waals surface area contributed by atoms with E-state index in [0.29, 0.717) is 17.1 Å². The number of aromatic nitrogens is 1. The third-order valence-corrected chi connectivity index (χ3v) is 3.22. The van der Waals surface area contributed by atoms with Gasteiger partial charge in [0.25, 0.3) is 0 Å². The maximum absolute atomic E-state index is 13.9. The summed E-state index contributed by atoms with van der Waals surface area (Å²) >= 11 is 3.32. The highest BCUT2D eigenvalue weighted by atomic mass is 79.9. The van der Waals surface area contributed by atoms with Gasteiger partial charge in [0.2, 0.25) is 0 Å². The average Bonchev–Trinajstić information content (AvgIpc) is 2.38. The molecule has 1 unspecified atom stereocenters. The molecule has 0 saturated heterocycles. The lowest BCUT2D eigenvalue weighted by Crippen LogP contribution is -2.14. The molecule has 19 heavy (non-hydrogen) atoms. The summed E-state index contributed by atoms with van der Waals surface area (Å²) in [6.45, 7) is 1.88. The lowest BCUT2D eigenvalue weighted by molar-refractivity contribution is 0.450. The van der Waals surface area contributed by atoms with Crippen molar-refractivity contribution < 1.29 is 9.13 Å². The largest absolute Gasteiger partial charge is 0.455 e. The van der Waals surface area contributed by atoms with Crippen molar-refractivity contribution in [1.29, 1.82) is 0 Å². The van der Waals surface area contributed by atoms with Crippen molar-refractivity contribution >= 4 is 15.9 Å². The molecule has 100 valence electrons. The highest BCUT2D eigenvalue weighted by molar-refractivity contribution is 9.10. The number of benzene rings is 1. The van der Waals surface area contributed by atoms with Gasteiger partial charge in [-0.15, -0.1) is 0 Å². The Kier molecular flexibility index (Phi) is 4.50. The third kappa shape index (κ3) is 3.30. The number of hydrogen-bond donors (Lipinski definition) is 1. The van der Waals surface area contributed by atoms with Crippen molar-refractivity contribution in [3.8, 4) is 11.5 Å². The Morgan fingerprint density at radius 1 is 1.37 bits per heavy atom. The number of hydrogen-bond acceptors (Lipinski definition) is 3. The second-order valence-corrected chi connectivity index (χ2v) is 5.02. The third-order valence-electron chi connectivity index (χ3n) is 2.79. The first-order chi connectivity index (χ1) is 9.11. The molecule has 0 bridgehead atoms. The van der Waals surface area contributed by atoms with Crippen molar-refractivity contribution in [1.82, 2.24) is 10.3 Å². The summed E-state index contributed by atoms with van der Waals surface area (Å²) in [6.07, 6.45) is 3.25. The Balaban J connectivity index is 2.37. The lowest BCUT2D eigenvalue weighted by Gasteiger charge is -2.17. The summed E-state index contributed by atoms with van der Waals surface area (Å²) in [5, 5.41) is 3.01. The molecule has 5 heteroatoms. The molecular weight excluding hydrogens is 311 g/mol. The van der Waals surface area contributed by atoms with Crippen LogP contribution in [0.2, 0.25) is 0 Å². The van der Waals surface area contributed by atoms with Gasteiger partial charge in [0.1, 0.15) is 17.3 Å². The van der Waals surface area contributed by atoms with Crippen LogP contribution in [0, 0.1) is 5.82 Å². The zero-order chi connectivity index (χ0) is 13.8. The van der Waals surface area contributed by atoms with Crippen LogP contribution < -0.4 is 10.1 Å². The van der Waals surface area contributed by atoms with Crippen LogP contribution in [0.5, 0.6) is 11.5 Å². The van der Waals surface area contributed by atoms with Gasteiger partial charge in [0.15, 0.2) is 0 Å². The molecule has 0 saturated carbocycles. The zero-order valence-electron chi connectivity index (χ0n) is 10.7. The highest BCUT2D eigenvalue weighted by Gasteiger charge is 2.16. The molecule has 1 heterocycles. The number of halogens is 2. The van der Waals surface area contributed by atoms with Crippen molar-refractivity contribution in [3.05, 3.63) is 52.5 Å². The van der Waals surface area contributed by atoms with E-state index < -0.39 is 0 Å². The maximum atomic E-state index is 13.9. The summed E-state index contributed by atoms with van der Waals surface area (Å²) in [4.78, 5) is 4.02. The van der Waals surface area contributed by atoms with E-state index in [4.69, 9.17) is 4.74 Å². The highest BCUT2D eigenvalue weighted by Crippen LogP contribution is 2.31. The van der Waals surface area contributed by atoms with Gasteiger partial charge in [-0.2, -0.15) is 0 Å². The lowest BCUT2D eigenvalue weighted by atomic mass is 10.1. The first-order valence-corrected chi connectivity index (χ1v) is 6.65. The first-order valence-electron chi connectivity index (χ1n) is 5.86. The van der Waals surface area contributed by atoms with E-state index in [1.54, 1.807) is 37.6 Å². The van der Waals surface area contributed by atoms with E-state index >= 15 is 0 Å². The van der Waals surface area contributed by atoms with E-state index in [2.05, 4.69) is 26.2 Å². The van der Waals surface area contributed by atoms with E-state index in [1.807, 2.05) is 6.92 Å². The molecule has 0 aliphatic heterocycles. The zero-order valence-corrected chi connectivity index (χ0v) is 12.2. The van der Waals surface area contributed by atoms with E-state index in [9.17, 15) is 4.39 Å². The molecule has 3 nitrogen and oxygen atoms in total. The van der Waals surface area contributed by atoms with E-state index in [-0.39, 0.29) is 11.9 Å². The summed E-state index contributed by atoms with van der Waals surface area (Å²) in [7, 11) is 1.78. The standard InChI is InChI=1S/C14H14BrFN2O/c1-9(17-2)14-12(16)4-3-5-13(14)19-11-6-10(15)7-18-8-11/h3-9,17H,1-2H3. The van der Waals surface area contributed by atoms with Gasteiger partial charge in [-0.3, -0.25) is 4.98 Å². The van der Waals surface area contributed by atoms with Crippen molar-refractivity contribution in [2.75, 3.05) is 7.05 Å². The predicted octanol–water partition coefficient (Wildman–Crippen LogP) is 4.06. The Morgan fingerprint density at radius 3 is 2.84 bits per heavy atom. The normalized spacial score (nSPS) is 12.2. The second-order valence-electron chi connectivity index (χ2n) is 4.10. The minimum atomic E-state index is -0.290. The molecule has 0 aliphatic rings. The molecule has 0 radical (unpaired) electrons. The van der Waals surface area contributed by atoms with Crippen molar-refractivity contribution in [2.24, 2.45) is 0 Å². The first kappa shape index (κ1) is 14.0. The van der Waals surface area contributed by atoms with Crippen LogP contribution in [0.4, 0.5) is 4.39 Å². The van der Waals surface area contributed by atoms with Gasteiger partial charge in [0, 0.05) is 22.3 Å². The number of ether oxygens (including phenoxy) is 1. The molecule has 1 aromatic heterocycles. The van der Waals surface area contributed by atoms with Crippen LogP contribution in [0.15, 0.2) is 41.1 Å². The van der Waals surface area contributed by atoms with Crippen LogP contribution in [-0.2, 0) is 0 Å². The maximum Gasteiger partial charge on any atom is 0.146 e. The Bertz CT molecular complexity index is 577. The quantitative estimate of drug-likeness (QED) is 0.921. The topological polar surface area (TPSA) is 34.1 Å². The van der Waals surface area contributed by atoms with Crippen molar-refractivity contribution in [2.45, 2.75) is 13.0 Å². The number of pyridine rings is 1. The van der Waals surface area contributed by atoms with Crippen LogP contribution in [0.3, 0.4) is 0 Å². The number of nitrogens with one attached hydrogen (secondary N) is 1. The SMILES string of the molecule is CNC(C)c1c(F)cccc1Oc1cncc(Br)c1. The predicted molar refractivity (Wildman–Crippen MR) is 75.9 cm³/mol. The van der Waals surface area contributed by atoms with Gasteiger partial charge in [-0.25, -0.2) is 4.39 Å². The fourth-order valence-corrected chi connectivity index (χ4v) is 2.09. The molecule has 0 fully saturated rings. The van der Waals surface area contributed by atoms with E-state index in [0.717, 1.165) is 4.47 Å². The molecule has 1 aromatic carbocycles. The smallest absolute Gasteiger partial charge is 0.146 e. The van der Waals surface area contributed by atoms with Gasteiger partial charge in [0.05, 0.1) is 6.20 Å². The molecule has 1 N–H and O–H groups in total. The van der Waals surface area contributed by atoms with Crippen molar-refractivity contribution in [3.63, 3.8) is 0 Å². The minimum Gasteiger partial charge on any atom is -0.455 e. The molecule has 2 rings (SSSR count). The minimum absolute atomic E-state index is 0.142. The summed E-state index contributed by atoms with van der Waals surface area (Å²) < 4.78 is 20.5. The molecule has 0 amide bonds. The van der Waals surface area contributed by atoms with Crippen LogP contribution in [0.1, 0.15) is 18.5 Å². The Labute approximate surface area is 119 Å².